The maximum atomic E-state index is 2.38. The van der Waals surface area contributed by atoms with Crippen LogP contribution in [-0.2, 0) is 0 Å². The van der Waals surface area contributed by atoms with Gasteiger partial charge in [0.05, 0.1) is 0 Å². The van der Waals surface area contributed by atoms with Crippen LogP contribution in [0, 0.1) is 17.3 Å². The summed E-state index contributed by atoms with van der Waals surface area (Å²) in [4.78, 5) is 0. The summed E-state index contributed by atoms with van der Waals surface area (Å²) in [5, 5.41) is 0. The molecule has 0 aliphatic heterocycles. The van der Waals surface area contributed by atoms with E-state index in [1.807, 2.05) is 0 Å². The molecule has 2 aliphatic carbocycles. The SMILES string of the molecule is CC(C)[C@@H]1CCC2(CC2)C1. The van der Waals surface area contributed by atoms with E-state index in [0.29, 0.717) is 0 Å². The predicted molar refractivity (Wildman–Crippen MR) is 43.8 cm³/mol. The van der Waals surface area contributed by atoms with Gasteiger partial charge in [-0.15, -0.1) is 0 Å². The van der Waals surface area contributed by atoms with Crippen molar-refractivity contribution < 1.29 is 0 Å². The van der Waals surface area contributed by atoms with Crippen molar-refractivity contribution in [3.05, 3.63) is 0 Å². The third-order valence-electron chi connectivity index (χ3n) is 3.64. The predicted octanol–water partition coefficient (Wildman–Crippen LogP) is 3.22. The van der Waals surface area contributed by atoms with Gasteiger partial charge in [-0.1, -0.05) is 13.8 Å². The molecule has 2 aliphatic rings. The van der Waals surface area contributed by atoms with Crippen molar-refractivity contribution in [2.75, 3.05) is 0 Å². The standard InChI is InChI=1S/C10H18/c1-8(2)9-3-4-10(7-9)5-6-10/h8-9H,3-7H2,1-2H3/t9-/m1/s1. The maximum Gasteiger partial charge on any atom is -0.0294 e. The summed E-state index contributed by atoms with van der Waals surface area (Å²) in [6.45, 7) is 4.76. The second kappa shape index (κ2) is 1.99. The van der Waals surface area contributed by atoms with Gasteiger partial charge >= 0.3 is 0 Å². The van der Waals surface area contributed by atoms with Gasteiger partial charge in [0.1, 0.15) is 0 Å². The van der Waals surface area contributed by atoms with E-state index in [-0.39, 0.29) is 0 Å². The van der Waals surface area contributed by atoms with Crippen LogP contribution in [0.25, 0.3) is 0 Å². The Bertz CT molecular complexity index is 131. The van der Waals surface area contributed by atoms with Crippen LogP contribution < -0.4 is 0 Å². The Kier molecular flexibility index (Phi) is 1.33. The molecule has 10 heavy (non-hydrogen) atoms. The van der Waals surface area contributed by atoms with E-state index in [1.165, 1.54) is 6.42 Å². The third-order valence-corrected chi connectivity index (χ3v) is 3.64. The van der Waals surface area contributed by atoms with Crippen molar-refractivity contribution in [3.8, 4) is 0 Å². The summed E-state index contributed by atoms with van der Waals surface area (Å²) in [6, 6.07) is 0. The minimum Gasteiger partial charge on any atom is -0.0625 e. The van der Waals surface area contributed by atoms with Gasteiger partial charge in [-0.05, 0) is 49.4 Å². The number of rotatable bonds is 1. The minimum atomic E-state index is 0.898. The Labute approximate surface area is 64.0 Å². The minimum absolute atomic E-state index is 0.898. The zero-order chi connectivity index (χ0) is 7.19. The molecule has 0 aromatic heterocycles. The molecule has 0 unspecified atom stereocenters. The van der Waals surface area contributed by atoms with Crippen molar-refractivity contribution >= 4 is 0 Å². The first-order valence-electron chi connectivity index (χ1n) is 4.72. The summed E-state index contributed by atoms with van der Waals surface area (Å²) in [7, 11) is 0. The molecular formula is C10H18. The highest BCUT2D eigenvalue weighted by Gasteiger charge is 2.48. The van der Waals surface area contributed by atoms with Crippen LogP contribution in [0.3, 0.4) is 0 Å². The lowest BCUT2D eigenvalue weighted by atomic mass is 9.93. The second-order valence-corrected chi connectivity index (χ2v) is 4.75. The Morgan fingerprint density at radius 2 is 1.90 bits per heavy atom. The van der Waals surface area contributed by atoms with Gasteiger partial charge in [0.15, 0.2) is 0 Å². The molecule has 0 N–H and O–H groups in total. The highest BCUT2D eigenvalue weighted by Crippen LogP contribution is 2.60. The number of hydrogen-bond acceptors (Lipinski definition) is 0. The molecule has 0 bridgehead atoms. The van der Waals surface area contributed by atoms with E-state index in [2.05, 4.69) is 13.8 Å². The van der Waals surface area contributed by atoms with Crippen LogP contribution in [0.15, 0.2) is 0 Å². The average Bonchev–Trinajstić information content (AvgIpc) is 2.41. The largest absolute Gasteiger partial charge is 0.0625 e. The van der Waals surface area contributed by atoms with Crippen molar-refractivity contribution in [2.24, 2.45) is 17.3 Å². The molecular weight excluding hydrogens is 120 g/mol. The summed E-state index contributed by atoms with van der Waals surface area (Å²) >= 11 is 0. The first kappa shape index (κ1) is 6.69. The highest BCUT2D eigenvalue weighted by molar-refractivity contribution is 4.99. The molecule has 0 radical (unpaired) electrons. The van der Waals surface area contributed by atoms with Crippen LogP contribution in [0.2, 0.25) is 0 Å². The lowest BCUT2D eigenvalue weighted by molar-refractivity contribution is 0.373. The van der Waals surface area contributed by atoms with E-state index in [1.54, 1.807) is 25.7 Å². The van der Waals surface area contributed by atoms with E-state index >= 15 is 0 Å². The van der Waals surface area contributed by atoms with Crippen LogP contribution in [-0.4, -0.2) is 0 Å². The van der Waals surface area contributed by atoms with Crippen molar-refractivity contribution in [2.45, 2.75) is 46.0 Å². The fourth-order valence-electron chi connectivity index (χ4n) is 2.45. The molecule has 1 atom stereocenters. The summed E-state index contributed by atoms with van der Waals surface area (Å²) in [5.74, 6) is 2.02. The molecule has 0 heterocycles. The van der Waals surface area contributed by atoms with E-state index < -0.39 is 0 Å². The van der Waals surface area contributed by atoms with Crippen molar-refractivity contribution in [1.29, 1.82) is 0 Å². The topological polar surface area (TPSA) is 0 Å². The van der Waals surface area contributed by atoms with Crippen LogP contribution in [0.1, 0.15) is 46.0 Å². The summed E-state index contributed by atoms with van der Waals surface area (Å²) in [6.07, 6.45) is 7.74. The van der Waals surface area contributed by atoms with Crippen molar-refractivity contribution in [3.63, 3.8) is 0 Å². The zero-order valence-corrected chi connectivity index (χ0v) is 7.19. The maximum absolute atomic E-state index is 2.38. The molecule has 0 saturated heterocycles. The van der Waals surface area contributed by atoms with Gasteiger partial charge in [-0.2, -0.15) is 0 Å². The van der Waals surface area contributed by atoms with Gasteiger partial charge < -0.3 is 0 Å². The molecule has 0 amide bonds. The van der Waals surface area contributed by atoms with E-state index in [9.17, 15) is 0 Å². The second-order valence-electron chi connectivity index (χ2n) is 4.75. The molecule has 2 rings (SSSR count). The van der Waals surface area contributed by atoms with Crippen LogP contribution >= 0.6 is 0 Å². The molecule has 0 aromatic carbocycles. The Morgan fingerprint density at radius 3 is 2.20 bits per heavy atom. The molecule has 0 aromatic rings. The highest BCUT2D eigenvalue weighted by atomic mass is 14.5. The third kappa shape index (κ3) is 0.980. The fourth-order valence-corrected chi connectivity index (χ4v) is 2.45. The van der Waals surface area contributed by atoms with Gasteiger partial charge in [-0.3, -0.25) is 0 Å². The Morgan fingerprint density at radius 1 is 1.20 bits per heavy atom. The van der Waals surface area contributed by atoms with Gasteiger partial charge in [0, 0.05) is 0 Å². The number of hydrogen-bond donors (Lipinski definition) is 0. The van der Waals surface area contributed by atoms with Crippen LogP contribution in [0.4, 0.5) is 0 Å². The molecule has 2 fully saturated rings. The fraction of sp³-hybridized carbons (Fsp3) is 1.00. The molecule has 1 spiro atoms. The normalized spacial score (nSPS) is 35.7. The molecule has 0 heteroatoms. The summed E-state index contributed by atoms with van der Waals surface area (Å²) < 4.78 is 0. The zero-order valence-electron chi connectivity index (χ0n) is 7.19. The Balaban J connectivity index is 1.93. The summed E-state index contributed by atoms with van der Waals surface area (Å²) in [5.41, 5.74) is 0.898. The molecule has 58 valence electrons. The lowest BCUT2D eigenvalue weighted by Crippen LogP contribution is -2.03. The smallest absolute Gasteiger partial charge is 0.0294 e. The van der Waals surface area contributed by atoms with Crippen LogP contribution in [0.5, 0.6) is 0 Å². The van der Waals surface area contributed by atoms with Gasteiger partial charge in [-0.25, -0.2) is 0 Å². The monoisotopic (exact) mass is 138 g/mol. The lowest BCUT2D eigenvalue weighted by Gasteiger charge is -2.13. The quantitative estimate of drug-likeness (QED) is 0.522. The van der Waals surface area contributed by atoms with E-state index in [0.717, 1.165) is 17.3 Å². The first-order chi connectivity index (χ1) is 4.72. The first-order valence-corrected chi connectivity index (χ1v) is 4.72. The van der Waals surface area contributed by atoms with Crippen molar-refractivity contribution in [1.82, 2.24) is 0 Å². The Hall–Kier alpha value is 0. The molecule has 2 saturated carbocycles. The van der Waals surface area contributed by atoms with E-state index in [4.69, 9.17) is 0 Å². The van der Waals surface area contributed by atoms with Gasteiger partial charge in [0.25, 0.3) is 0 Å². The average molecular weight is 138 g/mol. The molecule has 0 nitrogen and oxygen atoms in total. The van der Waals surface area contributed by atoms with Gasteiger partial charge in [0.2, 0.25) is 0 Å².